The summed E-state index contributed by atoms with van der Waals surface area (Å²) in [6.07, 6.45) is 2.43. The minimum absolute atomic E-state index is 0.159. The van der Waals surface area contributed by atoms with Crippen LogP contribution in [-0.2, 0) is 16.4 Å². The maximum atomic E-state index is 12.4. The highest BCUT2D eigenvalue weighted by Gasteiger charge is 2.26. The molecule has 0 aliphatic carbocycles. The summed E-state index contributed by atoms with van der Waals surface area (Å²) in [5.41, 5.74) is 8.30. The van der Waals surface area contributed by atoms with Crippen molar-refractivity contribution in [3.8, 4) is 11.1 Å². The Morgan fingerprint density at radius 1 is 1.23 bits per heavy atom. The quantitative estimate of drug-likeness (QED) is 0.577. The number of sulfone groups is 1. The lowest BCUT2D eigenvalue weighted by atomic mass is 9.98. The van der Waals surface area contributed by atoms with Gasteiger partial charge in [-0.05, 0) is 38.7 Å². The van der Waals surface area contributed by atoms with Gasteiger partial charge in [0.05, 0.1) is 17.8 Å². The number of hydrogen-bond donors (Lipinski definition) is 1. The maximum absolute atomic E-state index is 12.4. The van der Waals surface area contributed by atoms with E-state index in [1.165, 1.54) is 12.6 Å². The second-order valence-corrected chi connectivity index (χ2v) is 8.43. The van der Waals surface area contributed by atoms with E-state index < -0.39 is 9.84 Å². The van der Waals surface area contributed by atoms with Gasteiger partial charge in [-0.15, -0.1) is 5.11 Å². The van der Waals surface area contributed by atoms with Crippen LogP contribution in [0.15, 0.2) is 66.0 Å². The smallest absolute Gasteiger partial charge is 0.180 e. The Morgan fingerprint density at radius 2 is 1.96 bits per heavy atom. The first kappa shape index (κ1) is 18.4. The van der Waals surface area contributed by atoms with E-state index in [1.54, 1.807) is 6.07 Å². The summed E-state index contributed by atoms with van der Waals surface area (Å²) < 4.78 is 25.3. The lowest BCUT2D eigenvalue weighted by Gasteiger charge is -2.14. The molecule has 0 amide bonds. The summed E-state index contributed by atoms with van der Waals surface area (Å²) in [5, 5.41) is 7.88. The van der Waals surface area contributed by atoms with Gasteiger partial charge in [0.1, 0.15) is 0 Å². The Morgan fingerprint density at radius 3 is 2.54 bits per heavy atom. The maximum Gasteiger partial charge on any atom is 0.180 e. The predicted molar refractivity (Wildman–Crippen MR) is 105 cm³/mol. The van der Waals surface area contributed by atoms with E-state index in [2.05, 4.69) is 36.1 Å². The van der Waals surface area contributed by atoms with Crippen LogP contribution in [0.3, 0.4) is 0 Å². The fourth-order valence-electron chi connectivity index (χ4n) is 2.69. The van der Waals surface area contributed by atoms with E-state index in [4.69, 9.17) is 5.73 Å². The van der Waals surface area contributed by atoms with Crippen LogP contribution in [0.2, 0.25) is 0 Å². The fraction of sp³-hybridized carbons (Fsp3) is 0.176. The molecule has 0 aromatic heterocycles. The first-order chi connectivity index (χ1) is 12.4. The SMILES string of the molecule is CS(=O)(=O)c1c(Br)ccc(-c2ccc(CN=CN)cc2)c1C1=NCN=N1. The van der Waals surface area contributed by atoms with Crippen molar-refractivity contribution in [2.45, 2.75) is 11.4 Å². The average molecular weight is 434 g/mol. The lowest BCUT2D eigenvalue weighted by Crippen LogP contribution is -2.10. The Balaban J connectivity index is 2.20. The van der Waals surface area contributed by atoms with Crippen LogP contribution >= 0.6 is 15.9 Å². The summed E-state index contributed by atoms with van der Waals surface area (Å²) >= 11 is 3.34. The molecule has 0 fully saturated rings. The zero-order valence-corrected chi connectivity index (χ0v) is 16.3. The van der Waals surface area contributed by atoms with Crippen LogP contribution in [0.25, 0.3) is 11.1 Å². The highest BCUT2D eigenvalue weighted by molar-refractivity contribution is 9.10. The number of azo groups is 1. The molecule has 0 unspecified atom stereocenters. The van der Waals surface area contributed by atoms with Crippen LogP contribution in [0.4, 0.5) is 0 Å². The second kappa shape index (κ2) is 7.46. The van der Waals surface area contributed by atoms with Crippen LogP contribution in [-0.4, -0.2) is 33.5 Å². The Bertz CT molecular complexity index is 1030. The van der Waals surface area contributed by atoms with Crippen LogP contribution in [0.1, 0.15) is 11.1 Å². The summed E-state index contributed by atoms with van der Waals surface area (Å²) in [4.78, 5) is 8.39. The zero-order chi connectivity index (χ0) is 18.7. The molecule has 2 aromatic carbocycles. The number of nitrogens with two attached hydrogens (primary N) is 1. The van der Waals surface area contributed by atoms with Crippen molar-refractivity contribution >= 4 is 37.9 Å². The summed E-state index contributed by atoms with van der Waals surface area (Å²) in [6.45, 7) is 0.681. The van der Waals surface area contributed by atoms with Gasteiger partial charge in [0.2, 0.25) is 0 Å². The first-order valence-electron chi connectivity index (χ1n) is 7.66. The number of rotatable bonds is 5. The zero-order valence-electron chi connectivity index (χ0n) is 13.9. The number of benzene rings is 2. The molecule has 2 aromatic rings. The third-order valence-electron chi connectivity index (χ3n) is 3.80. The van der Waals surface area contributed by atoms with Gasteiger partial charge in [0, 0.05) is 16.3 Å². The topological polar surface area (TPSA) is 110 Å². The van der Waals surface area contributed by atoms with Crippen LogP contribution in [0.5, 0.6) is 0 Å². The standard InChI is InChI=1S/C17H16BrN5O2S/c1-26(24,25)16-14(18)7-6-13(15(16)17-21-10-22-23-17)12-4-2-11(3-5-12)8-20-9-19/h2-7,9H,8,10H2,1H3,(H2,19,20). The van der Waals surface area contributed by atoms with E-state index in [0.29, 0.717) is 22.4 Å². The van der Waals surface area contributed by atoms with E-state index in [9.17, 15) is 8.42 Å². The van der Waals surface area contributed by atoms with Gasteiger partial charge in [-0.3, -0.25) is 4.99 Å². The number of halogens is 1. The van der Waals surface area contributed by atoms with Gasteiger partial charge in [0.25, 0.3) is 0 Å². The van der Waals surface area contributed by atoms with Crippen molar-refractivity contribution in [2.75, 3.05) is 12.9 Å². The summed E-state index contributed by atoms with van der Waals surface area (Å²) in [6, 6.07) is 11.2. The minimum atomic E-state index is -3.51. The molecule has 1 aliphatic heterocycles. The molecular formula is C17H16BrN5O2S. The average Bonchev–Trinajstić information content (AvgIpc) is 3.13. The molecule has 0 spiro atoms. The molecule has 9 heteroatoms. The van der Waals surface area contributed by atoms with E-state index >= 15 is 0 Å². The van der Waals surface area contributed by atoms with Gasteiger partial charge in [-0.1, -0.05) is 30.3 Å². The van der Waals surface area contributed by atoms with Crippen molar-refractivity contribution in [3.05, 3.63) is 52.0 Å². The highest BCUT2D eigenvalue weighted by Crippen LogP contribution is 2.35. The number of nitrogens with zero attached hydrogens (tertiary/aromatic N) is 4. The molecule has 134 valence electrons. The fourth-order valence-corrected chi connectivity index (χ4v) is 4.89. The first-order valence-corrected chi connectivity index (χ1v) is 10.3. The van der Waals surface area contributed by atoms with E-state index in [0.717, 1.165) is 16.7 Å². The largest absolute Gasteiger partial charge is 0.390 e. The molecule has 1 heterocycles. The number of aliphatic imine (C=N–C) groups is 2. The molecule has 0 radical (unpaired) electrons. The molecule has 2 N–H and O–H groups in total. The molecule has 26 heavy (non-hydrogen) atoms. The van der Waals surface area contributed by atoms with Crippen molar-refractivity contribution in [1.82, 2.24) is 0 Å². The summed E-state index contributed by atoms with van der Waals surface area (Å²) in [5.74, 6) is 0.318. The number of hydrogen-bond acceptors (Lipinski definition) is 6. The Labute approximate surface area is 159 Å². The van der Waals surface area contributed by atoms with Crippen LogP contribution in [0, 0.1) is 0 Å². The van der Waals surface area contributed by atoms with Gasteiger partial charge in [-0.25, -0.2) is 13.4 Å². The normalized spacial score (nSPS) is 14.2. The number of amidine groups is 1. The van der Waals surface area contributed by atoms with Gasteiger partial charge in [-0.2, -0.15) is 5.11 Å². The molecule has 0 saturated heterocycles. The van der Waals surface area contributed by atoms with E-state index in [1.807, 2.05) is 30.3 Å². The molecule has 7 nitrogen and oxygen atoms in total. The molecular weight excluding hydrogens is 418 g/mol. The minimum Gasteiger partial charge on any atom is -0.390 e. The van der Waals surface area contributed by atoms with Crippen molar-refractivity contribution in [2.24, 2.45) is 25.9 Å². The predicted octanol–water partition coefficient (Wildman–Crippen LogP) is 3.18. The monoisotopic (exact) mass is 433 g/mol. The Hall–Kier alpha value is -2.39. The third-order valence-corrected chi connectivity index (χ3v) is 5.89. The second-order valence-electron chi connectivity index (χ2n) is 5.62. The van der Waals surface area contributed by atoms with Crippen molar-refractivity contribution < 1.29 is 8.42 Å². The van der Waals surface area contributed by atoms with Crippen molar-refractivity contribution in [1.29, 1.82) is 0 Å². The molecule has 3 rings (SSSR count). The summed E-state index contributed by atoms with van der Waals surface area (Å²) in [7, 11) is -3.51. The van der Waals surface area contributed by atoms with Crippen LogP contribution < -0.4 is 5.73 Å². The van der Waals surface area contributed by atoms with Gasteiger partial charge < -0.3 is 5.73 Å². The third kappa shape index (κ3) is 3.73. The highest BCUT2D eigenvalue weighted by atomic mass is 79.9. The Kier molecular flexibility index (Phi) is 5.28. The lowest BCUT2D eigenvalue weighted by molar-refractivity contribution is 0.601. The van der Waals surface area contributed by atoms with Gasteiger partial charge >= 0.3 is 0 Å². The van der Waals surface area contributed by atoms with E-state index in [-0.39, 0.29) is 11.6 Å². The molecule has 0 bridgehead atoms. The van der Waals surface area contributed by atoms with Gasteiger partial charge in [0.15, 0.2) is 22.3 Å². The molecule has 0 saturated carbocycles. The molecule has 0 atom stereocenters. The van der Waals surface area contributed by atoms with Crippen molar-refractivity contribution in [3.63, 3.8) is 0 Å². The molecule has 1 aliphatic rings.